The Balaban J connectivity index is 1.49. The first-order valence-corrected chi connectivity index (χ1v) is 13.0. The maximum atomic E-state index is 14.0. The van der Waals surface area contributed by atoms with Gasteiger partial charge in [0.25, 0.3) is 5.91 Å². The molecule has 0 saturated carbocycles. The van der Waals surface area contributed by atoms with Crippen LogP contribution in [-0.4, -0.2) is 51.6 Å². The fraction of sp³-hybridized carbons (Fsp3) is 0.296. The number of carbonyl (C=O) groups is 1. The molecule has 4 rings (SSSR count). The summed E-state index contributed by atoms with van der Waals surface area (Å²) in [6, 6.07) is 17.8. The number of likely N-dealkylation sites (tertiary alicyclic amines) is 1. The fourth-order valence-electron chi connectivity index (χ4n) is 4.26. The third kappa shape index (κ3) is 5.55. The Morgan fingerprint density at radius 2 is 1.74 bits per heavy atom. The van der Waals surface area contributed by atoms with E-state index >= 15 is 0 Å². The van der Waals surface area contributed by atoms with E-state index in [-0.39, 0.29) is 22.7 Å². The van der Waals surface area contributed by atoms with Crippen LogP contribution < -0.4 is 4.74 Å². The van der Waals surface area contributed by atoms with Gasteiger partial charge in [-0.3, -0.25) is 4.79 Å². The van der Waals surface area contributed by atoms with Crippen molar-refractivity contribution in [3.8, 4) is 5.75 Å². The van der Waals surface area contributed by atoms with Gasteiger partial charge in [0.1, 0.15) is 28.7 Å². The van der Waals surface area contributed by atoms with Crippen LogP contribution in [0.25, 0.3) is 0 Å². The van der Waals surface area contributed by atoms with E-state index in [1.54, 1.807) is 36.3 Å². The van der Waals surface area contributed by atoms with E-state index in [1.807, 2.05) is 32.0 Å². The second-order valence-corrected chi connectivity index (χ2v) is 10.8. The number of aryl methyl sites for hydroxylation is 2. The first kappa shape index (κ1) is 24.9. The SMILES string of the molecule is CO[C@@H]1CN(C(=O)c2cc(C)ccc2C)C[C@H]1Oc1cccc(CS(=O)(=O)c2ccccc2F)c1. The van der Waals surface area contributed by atoms with E-state index in [1.165, 1.54) is 18.2 Å². The van der Waals surface area contributed by atoms with Crippen LogP contribution in [0.15, 0.2) is 71.6 Å². The number of ether oxygens (including phenoxy) is 2. The lowest BCUT2D eigenvalue weighted by atomic mass is 10.0. The molecule has 0 aliphatic carbocycles. The molecule has 1 heterocycles. The summed E-state index contributed by atoms with van der Waals surface area (Å²) in [6.07, 6.45) is -0.762. The van der Waals surface area contributed by atoms with Crippen LogP contribution in [-0.2, 0) is 20.3 Å². The number of nitrogens with zero attached hydrogens (tertiary/aromatic N) is 1. The Morgan fingerprint density at radius 3 is 2.49 bits per heavy atom. The maximum Gasteiger partial charge on any atom is 0.254 e. The maximum absolute atomic E-state index is 14.0. The lowest BCUT2D eigenvalue weighted by Crippen LogP contribution is -2.32. The van der Waals surface area contributed by atoms with Crippen LogP contribution in [0, 0.1) is 19.7 Å². The van der Waals surface area contributed by atoms with E-state index in [2.05, 4.69) is 0 Å². The van der Waals surface area contributed by atoms with Crippen molar-refractivity contribution < 1.29 is 27.1 Å². The highest BCUT2D eigenvalue weighted by molar-refractivity contribution is 7.90. The monoisotopic (exact) mass is 497 g/mol. The lowest BCUT2D eigenvalue weighted by Gasteiger charge is -2.19. The summed E-state index contributed by atoms with van der Waals surface area (Å²) in [7, 11) is -2.30. The number of hydrogen-bond donors (Lipinski definition) is 0. The van der Waals surface area contributed by atoms with Gasteiger partial charge in [-0.2, -0.15) is 0 Å². The van der Waals surface area contributed by atoms with Gasteiger partial charge < -0.3 is 14.4 Å². The first-order chi connectivity index (χ1) is 16.7. The van der Waals surface area contributed by atoms with Gasteiger partial charge in [-0.05, 0) is 55.3 Å². The molecule has 6 nitrogen and oxygen atoms in total. The van der Waals surface area contributed by atoms with Crippen molar-refractivity contribution in [2.45, 2.75) is 36.7 Å². The largest absolute Gasteiger partial charge is 0.486 e. The molecule has 35 heavy (non-hydrogen) atoms. The predicted molar refractivity (Wildman–Crippen MR) is 131 cm³/mol. The Bertz CT molecular complexity index is 1340. The molecule has 0 N–H and O–H groups in total. The third-order valence-corrected chi connectivity index (χ3v) is 7.86. The molecule has 3 aromatic carbocycles. The number of rotatable bonds is 7. The van der Waals surface area contributed by atoms with Crippen LogP contribution in [0.2, 0.25) is 0 Å². The second kappa shape index (κ2) is 10.2. The number of benzene rings is 3. The summed E-state index contributed by atoms with van der Waals surface area (Å²) in [5, 5.41) is 0. The Hall–Kier alpha value is -3.23. The first-order valence-electron chi connectivity index (χ1n) is 11.3. The lowest BCUT2D eigenvalue weighted by molar-refractivity contribution is 0.0339. The van der Waals surface area contributed by atoms with Gasteiger partial charge in [-0.25, -0.2) is 12.8 Å². The van der Waals surface area contributed by atoms with Gasteiger partial charge in [0.2, 0.25) is 0 Å². The summed E-state index contributed by atoms with van der Waals surface area (Å²) >= 11 is 0. The molecular formula is C27H28FNO5S. The van der Waals surface area contributed by atoms with Gasteiger partial charge in [-0.1, -0.05) is 42.0 Å². The van der Waals surface area contributed by atoms with Gasteiger partial charge in [-0.15, -0.1) is 0 Å². The minimum atomic E-state index is -3.87. The number of amides is 1. The quantitative estimate of drug-likeness (QED) is 0.486. The number of methoxy groups -OCH3 is 1. The molecule has 1 aliphatic heterocycles. The number of hydrogen-bond acceptors (Lipinski definition) is 5. The molecular weight excluding hydrogens is 469 g/mol. The number of sulfone groups is 1. The summed E-state index contributed by atoms with van der Waals surface area (Å²) in [5.41, 5.74) is 3.04. The smallest absolute Gasteiger partial charge is 0.254 e. The van der Waals surface area contributed by atoms with Crippen LogP contribution in [0.5, 0.6) is 5.75 Å². The zero-order chi connectivity index (χ0) is 25.2. The molecule has 1 fully saturated rings. The molecule has 0 unspecified atom stereocenters. The molecule has 0 spiro atoms. The minimum absolute atomic E-state index is 0.0796. The van der Waals surface area contributed by atoms with Gasteiger partial charge in [0.05, 0.1) is 18.8 Å². The molecule has 0 bridgehead atoms. The average Bonchev–Trinajstić information content (AvgIpc) is 3.23. The van der Waals surface area contributed by atoms with Crippen molar-refractivity contribution in [1.29, 1.82) is 0 Å². The molecule has 184 valence electrons. The highest BCUT2D eigenvalue weighted by atomic mass is 32.2. The molecule has 3 aromatic rings. The highest BCUT2D eigenvalue weighted by Gasteiger charge is 2.37. The Morgan fingerprint density at radius 1 is 1.00 bits per heavy atom. The van der Waals surface area contributed by atoms with E-state index in [4.69, 9.17) is 9.47 Å². The molecule has 1 aliphatic rings. The van der Waals surface area contributed by atoms with Gasteiger partial charge in [0.15, 0.2) is 9.84 Å². The average molecular weight is 498 g/mol. The van der Waals surface area contributed by atoms with E-state index in [9.17, 15) is 17.6 Å². The van der Waals surface area contributed by atoms with E-state index in [0.717, 1.165) is 17.2 Å². The van der Waals surface area contributed by atoms with Crippen LogP contribution in [0.1, 0.15) is 27.0 Å². The molecule has 0 radical (unpaired) electrons. The fourth-order valence-corrected chi connectivity index (χ4v) is 5.69. The molecule has 1 amide bonds. The van der Waals surface area contributed by atoms with Gasteiger partial charge in [0, 0.05) is 12.7 Å². The summed E-state index contributed by atoms with van der Waals surface area (Å²) < 4.78 is 51.3. The van der Waals surface area contributed by atoms with Crippen molar-refractivity contribution in [1.82, 2.24) is 4.90 Å². The van der Waals surface area contributed by atoms with Crippen molar-refractivity contribution >= 4 is 15.7 Å². The van der Waals surface area contributed by atoms with Crippen LogP contribution >= 0.6 is 0 Å². The second-order valence-electron chi connectivity index (χ2n) is 8.80. The van der Waals surface area contributed by atoms with Gasteiger partial charge >= 0.3 is 0 Å². The van der Waals surface area contributed by atoms with Crippen molar-refractivity contribution in [2.75, 3.05) is 20.2 Å². The third-order valence-electron chi connectivity index (χ3n) is 6.14. The Labute approximate surface area is 205 Å². The zero-order valence-electron chi connectivity index (χ0n) is 19.9. The standard InChI is InChI=1S/C27H28FNO5S/c1-18-11-12-19(2)22(13-18)27(30)29-15-24(33-3)25(16-29)34-21-8-6-7-20(14-21)17-35(31,32)26-10-5-4-9-23(26)28/h4-14,24-25H,15-17H2,1-3H3/t24-,25-/m1/s1. The summed E-state index contributed by atoms with van der Waals surface area (Å²) in [5.74, 6) is -0.758. The van der Waals surface area contributed by atoms with Crippen LogP contribution in [0.3, 0.4) is 0 Å². The molecule has 2 atom stereocenters. The minimum Gasteiger partial charge on any atom is -0.486 e. The van der Waals surface area contributed by atoms with Crippen molar-refractivity contribution in [3.63, 3.8) is 0 Å². The van der Waals surface area contributed by atoms with Crippen molar-refractivity contribution in [2.24, 2.45) is 0 Å². The van der Waals surface area contributed by atoms with Crippen LogP contribution in [0.4, 0.5) is 4.39 Å². The van der Waals surface area contributed by atoms with E-state index in [0.29, 0.717) is 30.0 Å². The normalized spacial score (nSPS) is 18.0. The molecule has 1 saturated heterocycles. The van der Waals surface area contributed by atoms with Crippen molar-refractivity contribution in [3.05, 3.63) is 94.8 Å². The number of carbonyl (C=O) groups excluding carboxylic acids is 1. The topological polar surface area (TPSA) is 72.9 Å². The molecule has 8 heteroatoms. The van der Waals surface area contributed by atoms with E-state index < -0.39 is 21.8 Å². The Kier molecular flexibility index (Phi) is 7.23. The zero-order valence-corrected chi connectivity index (χ0v) is 20.7. The summed E-state index contributed by atoms with van der Waals surface area (Å²) in [6.45, 7) is 4.58. The predicted octanol–water partition coefficient (Wildman–Crippen LogP) is 4.33. The summed E-state index contributed by atoms with van der Waals surface area (Å²) in [4.78, 5) is 14.6. The molecule has 0 aromatic heterocycles. The highest BCUT2D eigenvalue weighted by Crippen LogP contribution is 2.26. The number of halogens is 1.